The molecule has 0 spiro atoms. The average Bonchev–Trinajstić information content (AvgIpc) is 3.12. The van der Waals surface area contributed by atoms with Gasteiger partial charge in [0.2, 0.25) is 5.95 Å². The molecule has 27 heavy (non-hydrogen) atoms. The zero-order valence-corrected chi connectivity index (χ0v) is 15.7. The third kappa shape index (κ3) is 4.06. The summed E-state index contributed by atoms with van der Waals surface area (Å²) in [6.45, 7) is 0. The van der Waals surface area contributed by atoms with Gasteiger partial charge in [0, 0.05) is 17.5 Å². The van der Waals surface area contributed by atoms with E-state index in [4.69, 9.17) is 11.6 Å². The minimum Gasteiger partial charge on any atom is -0.367 e. The smallest absolute Gasteiger partial charge is 0.258 e. The number of benzene rings is 1. The lowest BCUT2D eigenvalue weighted by Crippen LogP contribution is -2.23. The lowest BCUT2D eigenvalue weighted by molar-refractivity contribution is 0.102. The number of carbonyl (C=O) groups excluding carboxylic acids is 1. The van der Waals surface area contributed by atoms with Crippen molar-refractivity contribution >= 4 is 34.9 Å². The minimum absolute atomic E-state index is 0.242. The van der Waals surface area contributed by atoms with Gasteiger partial charge in [-0.05, 0) is 42.7 Å². The Kier molecular flexibility index (Phi) is 5.25. The summed E-state index contributed by atoms with van der Waals surface area (Å²) in [6, 6.07) is 13.5. The Labute approximate surface area is 162 Å². The summed E-state index contributed by atoms with van der Waals surface area (Å²) < 4.78 is 1.75. The van der Waals surface area contributed by atoms with Crippen LogP contribution in [0.15, 0.2) is 42.5 Å². The van der Waals surface area contributed by atoms with Gasteiger partial charge in [-0.1, -0.05) is 37.5 Å². The molecule has 7 heteroatoms. The van der Waals surface area contributed by atoms with E-state index in [1.807, 2.05) is 30.3 Å². The lowest BCUT2D eigenvalue weighted by Gasteiger charge is -2.23. The van der Waals surface area contributed by atoms with Gasteiger partial charge in [-0.2, -0.15) is 9.50 Å². The van der Waals surface area contributed by atoms with Gasteiger partial charge < -0.3 is 5.32 Å². The van der Waals surface area contributed by atoms with E-state index in [9.17, 15) is 4.79 Å². The highest BCUT2D eigenvalue weighted by molar-refractivity contribution is 6.17. The molecule has 1 fully saturated rings. The van der Waals surface area contributed by atoms with Crippen LogP contribution in [0.1, 0.15) is 48.0 Å². The number of halogens is 1. The first kappa shape index (κ1) is 17.8. The Hall–Kier alpha value is -2.60. The van der Waals surface area contributed by atoms with Crippen molar-refractivity contribution in [1.29, 1.82) is 0 Å². The van der Waals surface area contributed by atoms with Crippen molar-refractivity contribution in [1.82, 2.24) is 14.6 Å². The molecular formula is C20H22ClN5O. The summed E-state index contributed by atoms with van der Waals surface area (Å²) in [7, 11) is 0. The summed E-state index contributed by atoms with van der Waals surface area (Å²) in [5.41, 5.74) is 2.21. The normalized spacial score (nSPS) is 15.0. The van der Waals surface area contributed by atoms with E-state index >= 15 is 0 Å². The summed E-state index contributed by atoms with van der Waals surface area (Å²) in [4.78, 5) is 16.9. The molecule has 2 heterocycles. The van der Waals surface area contributed by atoms with Crippen molar-refractivity contribution in [2.24, 2.45) is 0 Å². The number of carbonyl (C=O) groups is 1. The van der Waals surface area contributed by atoms with Gasteiger partial charge >= 0.3 is 0 Å². The number of nitrogens with zero attached hydrogens (tertiary/aromatic N) is 3. The molecule has 0 radical (unpaired) electrons. The fourth-order valence-electron chi connectivity index (χ4n) is 3.44. The second-order valence-electron chi connectivity index (χ2n) is 6.88. The van der Waals surface area contributed by atoms with Crippen LogP contribution in [0, 0.1) is 0 Å². The Morgan fingerprint density at radius 2 is 1.89 bits per heavy atom. The number of aromatic nitrogens is 3. The fraction of sp³-hybridized carbons (Fsp3) is 0.350. The van der Waals surface area contributed by atoms with E-state index in [0.29, 0.717) is 29.1 Å². The molecule has 0 atom stereocenters. The zero-order valence-electron chi connectivity index (χ0n) is 15.0. The zero-order chi connectivity index (χ0) is 18.6. The SMILES string of the molecule is O=C(Nc1nc2cccc(NC3CCCCC3)n2n1)c1ccc(CCl)cc1. The molecule has 1 amide bonds. The van der Waals surface area contributed by atoms with Gasteiger partial charge in [-0.3, -0.25) is 10.1 Å². The first-order valence-electron chi connectivity index (χ1n) is 9.31. The molecule has 4 rings (SSSR count). The van der Waals surface area contributed by atoms with Crippen molar-refractivity contribution in [2.45, 2.75) is 44.0 Å². The topological polar surface area (TPSA) is 71.3 Å². The van der Waals surface area contributed by atoms with Crippen LogP contribution in [0.3, 0.4) is 0 Å². The fourth-order valence-corrected chi connectivity index (χ4v) is 3.62. The van der Waals surface area contributed by atoms with Gasteiger partial charge in [0.15, 0.2) is 5.65 Å². The number of nitrogens with one attached hydrogen (secondary N) is 2. The molecule has 0 unspecified atom stereocenters. The quantitative estimate of drug-likeness (QED) is 0.638. The van der Waals surface area contributed by atoms with Crippen LogP contribution in [0.2, 0.25) is 0 Å². The largest absolute Gasteiger partial charge is 0.367 e. The van der Waals surface area contributed by atoms with Crippen molar-refractivity contribution in [3.8, 4) is 0 Å². The number of alkyl halides is 1. The van der Waals surface area contributed by atoms with Crippen molar-refractivity contribution in [3.05, 3.63) is 53.6 Å². The highest BCUT2D eigenvalue weighted by Crippen LogP contribution is 2.22. The molecule has 6 nitrogen and oxygen atoms in total. The molecule has 140 valence electrons. The molecule has 1 aliphatic carbocycles. The van der Waals surface area contributed by atoms with Crippen molar-refractivity contribution in [3.63, 3.8) is 0 Å². The van der Waals surface area contributed by atoms with Crippen LogP contribution in [-0.2, 0) is 5.88 Å². The monoisotopic (exact) mass is 383 g/mol. The molecule has 3 aromatic rings. The number of anilines is 2. The molecule has 0 saturated heterocycles. The molecule has 0 aliphatic heterocycles. The maximum Gasteiger partial charge on any atom is 0.258 e. The van der Waals surface area contributed by atoms with Gasteiger partial charge in [0.1, 0.15) is 5.82 Å². The lowest BCUT2D eigenvalue weighted by atomic mass is 9.95. The number of rotatable bonds is 5. The Morgan fingerprint density at radius 3 is 2.63 bits per heavy atom. The first-order chi connectivity index (χ1) is 13.2. The number of pyridine rings is 1. The van der Waals surface area contributed by atoms with Crippen LogP contribution in [0.5, 0.6) is 0 Å². The predicted molar refractivity (Wildman–Crippen MR) is 107 cm³/mol. The molecule has 2 N–H and O–H groups in total. The van der Waals surface area contributed by atoms with Gasteiger partial charge in [-0.25, -0.2) is 0 Å². The van der Waals surface area contributed by atoms with Gasteiger partial charge in [0.05, 0.1) is 0 Å². The highest BCUT2D eigenvalue weighted by atomic mass is 35.5. The molecular weight excluding hydrogens is 362 g/mol. The summed E-state index contributed by atoms with van der Waals surface area (Å²) in [5.74, 6) is 1.37. The van der Waals surface area contributed by atoms with Gasteiger partial charge in [0.25, 0.3) is 5.91 Å². The van der Waals surface area contributed by atoms with Crippen LogP contribution >= 0.6 is 11.6 Å². The Balaban J connectivity index is 1.52. The second kappa shape index (κ2) is 7.96. The summed E-state index contributed by atoms with van der Waals surface area (Å²) in [6.07, 6.45) is 6.18. The average molecular weight is 384 g/mol. The standard InChI is InChI=1S/C20H22ClN5O/c21-13-14-9-11-15(12-10-14)19(27)24-20-23-18-8-4-7-17(26(18)25-20)22-16-5-2-1-3-6-16/h4,7-12,16,22H,1-3,5-6,13H2,(H,24,25,27). The molecule has 1 saturated carbocycles. The van der Waals surface area contributed by atoms with E-state index in [-0.39, 0.29) is 5.91 Å². The summed E-state index contributed by atoms with van der Waals surface area (Å²) in [5, 5.41) is 10.8. The van der Waals surface area contributed by atoms with Gasteiger partial charge in [-0.15, -0.1) is 16.7 Å². The molecule has 2 aromatic heterocycles. The molecule has 0 bridgehead atoms. The van der Waals surface area contributed by atoms with E-state index in [0.717, 1.165) is 11.4 Å². The molecule has 1 aromatic carbocycles. The number of hydrogen-bond donors (Lipinski definition) is 2. The van der Waals surface area contributed by atoms with E-state index in [1.165, 1.54) is 32.1 Å². The van der Waals surface area contributed by atoms with Crippen LogP contribution < -0.4 is 10.6 Å². The maximum atomic E-state index is 12.4. The number of amides is 1. The maximum absolute atomic E-state index is 12.4. The highest BCUT2D eigenvalue weighted by Gasteiger charge is 2.16. The third-order valence-corrected chi connectivity index (χ3v) is 5.22. The predicted octanol–water partition coefficient (Wildman–Crippen LogP) is 4.47. The van der Waals surface area contributed by atoms with Crippen LogP contribution in [0.25, 0.3) is 5.65 Å². The van der Waals surface area contributed by atoms with E-state index in [1.54, 1.807) is 16.6 Å². The number of fused-ring (bicyclic) bond motifs is 1. The second-order valence-corrected chi connectivity index (χ2v) is 7.15. The first-order valence-corrected chi connectivity index (χ1v) is 9.85. The van der Waals surface area contributed by atoms with Crippen LogP contribution in [-0.4, -0.2) is 26.5 Å². The van der Waals surface area contributed by atoms with Crippen molar-refractivity contribution in [2.75, 3.05) is 10.6 Å². The third-order valence-electron chi connectivity index (χ3n) is 4.91. The van der Waals surface area contributed by atoms with E-state index in [2.05, 4.69) is 20.7 Å². The summed E-state index contributed by atoms with van der Waals surface area (Å²) >= 11 is 5.79. The van der Waals surface area contributed by atoms with Crippen molar-refractivity contribution < 1.29 is 4.79 Å². The number of hydrogen-bond acceptors (Lipinski definition) is 4. The Bertz CT molecular complexity index is 931. The molecule has 1 aliphatic rings. The van der Waals surface area contributed by atoms with Crippen LogP contribution in [0.4, 0.5) is 11.8 Å². The Morgan fingerprint density at radius 1 is 1.11 bits per heavy atom. The minimum atomic E-state index is -0.242. The van der Waals surface area contributed by atoms with E-state index < -0.39 is 0 Å².